The van der Waals surface area contributed by atoms with Gasteiger partial charge in [0.05, 0.1) is 0 Å². The van der Waals surface area contributed by atoms with E-state index >= 15 is 0 Å². The SMILES string of the molecule is CC(C)[P@@](=O)(CC(=O)O)c1ccccc1. The molecule has 0 saturated carbocycles. The minimum Gasteiger partial charge on any atom is -0.481 e. The lowest BCUT2D eigenvalue weighted by molar-refractivity contribution is -0.134. The molecule has 0 fully saturated rings. The van der Waals surface area contributed by atoms with Crippen molar-refractivity contribution in [3.8, 4) is 0 Å². The highest BCUT2D eigenvalue weighted by atomic mass is 31.2. The highest BCUT2D eigenvalue weighted by Crippen LogP contribution is 2.48. The van der Waals surface area contributed by atoms with Gasteiger partial charge in [0.1, 0.15) is 13.3 Å². The van der Waals surface area contributed by atoms with Crippen molar-refractivity contribution in [2.75, 3.05) is 6.16 Å². The zero-order valence-electron chi connectivity index (χ0n) is 8.88. The van der Waals surface area contributed by atoms with E-state index in [1.807, 2.05) is 6.07 Å². The van der Waals surface area contributed by atoms with Crippen LogP contribution in [0.25, 0.3) is 0 Å². The third-order valence-electron chi connectivity index (χ3n) is 2.40. The minimum atomic E-state index is -2.80. The fraction of sp³-hybridized carbons (Fsp3) is 0.364. The number of hydrogen-bond donors (Lipinski definition) is 1. The van der Waals surface area contributed by atoms with Crippen molar-refractivity contribution in [3.05, 3.63) is 30.3 Å². The van der Waals surface area contributed by atoms with E-state index in [9.17, 15) is 9.36 Å². The lowest BCUT2D eigenvalue weighted by Crippen LogP contribution is -2.19. The van der Waals surface area contributed by atoms with Gasteiger partial charge in [-0.15, -0.1) is 0 Å². The molecule has 0 aliphatic heterocycles. The Kier molecular flexibility index (Phi) is 3.70. The van der Waals surface area contributed by atoms with Crippen LogP contribution >= 0.6 is 7.14 Å². The second-order valence-electron chi connectivity index (χ2n) is 3.78. The topological polar surface area (TPSA) is 54.4 Å². The summed E-state index contributed by atoms with van der Waals surface area (Å²) in [5.41, 5.74) is -0.143. The Morgan fingerprint density at radius 1 is 1.33 bits per heavy atom. The maximum absolute atomic E-state index is 12.5. The van der Waals surface area contributed by atoms with Gasteiger partial charge >= 0.3 is 5.97 Å². The molecule has 3 nitrogen and oxygen atoms in total. The summed E-state index contributed by atoms with van der Waals surface area (Å²) < 4.78 is 12.5. The van der Waals surface area contributed by atoms with E-state index in [1.54, 1.807) is 38.1 Å². The first-order valence-electron chi connectivity index (χ1n) is 4.83. The van der Waals surface area contributed by atoms with Crippen LogP contribution in [0.4, 0.5) is 0 Å². The summed E-state index contributed by atoms with van der Waals surface area (Å²) in [6.07, 6.45) is -0.269. The molecule has 0 radical (unpaired) electrons. The molecule has 1 aromatic rings. The molecule has 4 heteroatoms. The highest BCUT2D eigenvalue weighted by molar-refractivity contribution is 7.73. The number of aliphatic carboxylic acids is 1. The second kappa shape index (κ2) is 4.63. The Balaban J connectivity index is 3.13. The number of carboxylic acid groups (broad SMARTS) is 1. The van der Waals surface area contributed by atoms with Gasteiger partial charge in [-0.25, -0.2) is 0 Å². The molecule has 1 atom stereocenters. The van der Waals surface area contributed by atoms with E-state index in [4.69, 9.17) is 5.11 Å². The van der Waals surface area contributed by atoms with E-state index in [-0.39, 0.29) is 11.8 Å². The lowest BCUT2D eigenvalue weighted by atomic mass is 10.4. The van der Waals surface area contributed by atoms with Crippen molar-refractivity contribution < 1.29 is 14.5 Å². The smallest absolute Gasteiger partial charge is 0.311 e. The monoisotopic (exact) mass is 226 g/mol. The Morgan fingerprint density at radius 3 is 2.27 bits per heavy atom. The van der Waals surface area contributed by atoms with Gasteiger partial charge in [0, 0.05) is 11.0 Å². The fourth-order valence-electron chi connectivity index (χ4n) is 1.45. The van der Waals surface area contributed by atoms with Gasteiger partial charge in [-0.3, -0.25) is 4.79 Å². The Hall–Kier alpha value is -1.08. The van der Waals surface area contributed by atoms with Crippen molar-refractivity contribution in [3.63, 3.8) is 0 Å². The largest absolute Gasteiger partial charge is 0.481 e. The van der Waals surface area contributed by atoms with Gasteiger partial charge in [0.15, 0.2) is 0 Å². The van der Waals surface area contributed by atoms with Gasteiger partial charge in [-0.2, -0.15) is 0 Å². The van der Waals surface area contributed by atoms with E-state index in [0.717, 1.165) is 0 Å². The second-order valence-corrected chi connectivity index (χ2v) is 7.23. The summed E-state index contributed by atoms with van der Waals surface area (Å²) in [4.78, 5) is 10.7. The Morgan fingerprint density at radius 2 is 1.87 bits per heavy atom. The molecule has 1 aromatic carbocycles. The maximum atomic E-state index is 12.5. The van der Waals surface area contributed by atoms with Crippen LogP contribution < -0.4 is 5.30 Å². The molecule has 0 aliphatic rings. The van der Waals surface area contributed by atoms with Crippen molar-refractivity contribution in [2.24, 2.45) is 0 Å². The Labute approximate surface area is 89.5 Å². The summed E-state index contributed by atoms with van der Waals surface area (Å²) >= 11 is 0. The number of rotatable bonds is 4. The van der Waals surface area contributed by atoms with Crippen LogP contribution in [0.1, 0.15) is 13.8 Å². The molecule has 0 saturated heterocycles. The number of carbonyl (C=O) groups is 1. The van der Waals surface area contributed by atoms with Gasteiger partial charge in [0.2, 0.25) is 0 Å². The molecule has 0 spiro atoms. The molecule has 0 bridgehead atoms. The van der Waals surface area contributed by atoms with Crippen molar-refractivity contribution >= 4 is 18.4 Å². The standard InChI is InChI=1S/C11H15O3P/c1-9(2)15(14,8-11(12)13)10-6-4-3-5-7-10/h3-7,9H,8H2,1-2H3,(H,12,13)/t15-/m0/s1. The highest BCUT2D eigenvalue weighted by Gasteiger charge is 2.31. The van der Waals surface area contributed by atoms with Crippen molar-refractivity contribution in [2.45, 2.75) is 19.5 Å². The number of carboxylic acids is 1. The third-order valence-corrected chi connectivity index (χ3v) is 5.98. The average molecular weight is 226 g/mol. The van der Waals surface area contributed by atoms with Crippen LogP contribution in [-0.4, -0.2) is 22.9 Å². The maximum Gasteiger partial charge on any atom is 0.311 e. The molecule has 82 valence electrons. The van der Waals surface area contributed by atoms with E-state index in [2.05, 4.69) is 0 Å². The summed E-state index contributed by atoms with van der Waals surface area (Å²) in [6, 6.07) is 8.88. The van der Waals surface area contributed by atoms with Crippen LogP contribution in [0.15, 0.2) is 30.3 Å². The molecule has 0 aromatic heterocycles. The molecule has 15 heavy (non-hydrogen) atoms. The molecular formula is C11H15O3P. The fourth-order valence-corrected chi connectivity index (χ4v) is 3.68. The van der Waals surface area contributed by atoms with Gasteiger partial charge in [-0.1, -0.05) is 44.2 Å². The molecule has 1 rings (SSSR count). The van der Waals surface area contributed by atoms with E-state index < -0.39 is 13.1 Å². The van der Waals surface area contributed by atoms with E-state index in [1.165, 1.54) is 0 Å². The summed E-state index contributed by atoms with van der Waals surface area (Å²) in [5, 5.41) is 9.44. The molecule has 0 unspecified atom stereocenters. The van der Waals surface area contributed by atoms with Crippen LogP contribution in [-0.2, 0) is 9.36 Å². The summed E-state index contributed by atoms with van der Waals surface area (Å²) in [7, 11) is -2.80. The summed E-state index contributed by atoms with van der Waals surface area (Å²) in [6.45, 7) is 3.60. The molecule has 0 aliphatic carbocycles. The van der Waals surface area contributed by atoms with Gasteiger partial charge < -0.3 is 9.67 Å². The van der Waals surface area contributed by atoms with Crippen LogP contribution in [0.2, 0.25) is 0 Å². The van der Waals surface area contributed by atoms with E-state index in [0.29, 0.717) is 5.30 Å². The normalized spacial score (nSPS) is 14.9. The minimum absolute atomic E-state index is 0.143. The van der Waals surface area contributed by atoms with Crippen LogP contribution in [0.3, 0.4) is 0 Å². The third kappa shape index (κ3) is 2.69. The molecular weight excluding hydrogens is 211 g/mol. The zero-order valence-corrected chi connectivity index (χ0v) is 9.78. The number of benzene rings is 1. The Bertz CT molecular complexity index is 384. The van der Waals surface area contributed by atoms with Gasteiger partial charge in [0.25, 0.3) is 0 Å². The summed E-state index contributed by atoms with van der Waals surface area (Å²) in [5.74, 6) is -1.00. The zero-order chi connectivity index (χ0) is 11.5. The van der Waals surface area contributed by atoms with Crippen molar-refractivity contribution in [1.29, 1.82) is 0 Å². The predicted octanol–water partition coefficient (Wildman–Crippen LogP) is 2.17. The van der Waals surface area contributed by atoms with Crippen LogP contribution in [0, 0.1) is 0 Å². The molecule has 0 heterocycles. The first-order valence-corrected chi connectivity index (χ1v) is 6.79. The van der Waals surface area contributed by atoms with Crippen molar-refractivity contribution in [1.82, 2.24) is 0 Å². The number of hydrogen-bond acceptors (Lipinski definition) is 2. The predicted molar refractivity (Wildman–Crippen MR) is 61.3 cm³/mol. The first kappa shape index (κ1) is 12.0. The van der Waals surface area contributed by atoms with Crippen LogP contribution in [0.5, 0.6) is 0 Å². The lowest BCUT2D eigenvalue weighted by Gasteiger charge is -2.20. The molecule has 0 amide bonds. The first-order chi connectivity index (χ1) is 6.97. The quantitative estimate of drug-likeness (QED) is 0.800. The average Bonchev–Trinajstić information content (AvgIpc) is 2.17. The molecule has 1 N–H and O–H groups in total. The van der Waals surface area contributed by atoms with Gasteiger partial charge in [-0.05, 0) is 0 Å².